The molecule has 1 fully saturated rings. The summed E-state index contributed by atoms with van der Waals surface area (Å²) in [5.74, 6) is 0. The van der Waals surface area contributed by atoms with Gasteiger partial charge in [0.1, 0.15) is 0 Å². The van der Waals surface area contributed by atoms with E-state index in [0.29, 0.717) is 12.1 Å². The van der Waals surface area contributed by atoms with Gasteiger partial charge in [0.2, 0.25) is 0 Å². The van der Waals surface area contributed by atoms with Crippen LogP contribution >= 0.6 is 0 Å². The van der Waals surface area contributed by atoms with Crippen LogP contribution in [0.15, 0.2) is 0 Å². The number of rotatable bonds is 8. The van der Waals surface area contributed by atoms with Gasteiger partial charge >= 0.3 is 0 Å². The second kappa shape index (κ2) is 8.12. The molecule has 2 heteroatoms. The Morgan fingerprint density at radius 1 is 1.33 bits per heavy atom. The predicted molar refractivity (Wildman–Crippen MR) is 65.2 cm³/mol. The molecule has 0 radical (unpaired) electrons. The summed E-state index contributed by atoms with van der Waals surface area (Å²) in [6.07, 6.45) is 9.66. The minimum atomic E-state index is 0.538. The zero-order chi connectivity index (χ0) is 10.9. The van der Waals surface area contributed by atoms with Crippen molar-refractivity contribution in [2.24, 2.45) is 0 Å². The molecule has 0 bridgehead atoms. The van der Waals surface area contributed by atoms with Crippen LogP contribution in [-0.4, -0.2) is 25.3 Å². The maximum atomic E-state index is 5.70. The van der Waals surface area contributed by atoms with Gasteiger partial charge in [-0.1, -0.05) is 33.1 Å². The van der Waals surface area contributed by atoms with Gasteiger partial charge in [-0.15, -0.1) is 0 Å². The summed E-state index contributed by atoms with van der Waals surface area (Å²) in [4.78, 5) is 0. The van der Waals surface area contributed by atoms with E-state index in [2.05, 4.69) is 19.2 Å². The molecule has 0 spiro atoms. The van der Waals surface area contributed by atoms with Crippen LogP contribution in [-0.2, 0) is 4.74 Å². The third kappa shape index (κ3) is 5.53. The van der Waals surface area contributed by atoms with Crippen LogP contribution in [0.5, 0.6) is 0 Å². The Morgan fingerprint density at radius 3 is 2.80 bits per heavy atom. The molecule has 0 saturated carbocycles. The van der Waals surface area contributed by atoms with Crippen molar-refractivity contribution in [3.8, 4) is 0 Å². The fourth-order valence-corrected chi connectivity index (χ4v) is 2.38. The fourth-order valence-electron chi connectivity index (χ4n) is 2.38. The summed E-state index contributed by atoms with van der Waals surface area (Å²) < 4.78 is 5.70. The van der Waals surface area contributed by atoms with Crippen molar-refractivity contribution in [2.45, 2.75) is 70.9 Å². The molecule has 1 heterocycles. The van der Waals surface area contributed by atoms with Gasteiger partial charge in [0.05, 0.1) is 6.10 Å². The van der Waals surface area contributed by atoms with Crippen molar-refractivity contribution >= 4 is 0 Å². The zero-order valence-corrected chi connectivity index (χ0v) is 10.4. The van der Waals surface area contributed by atoms with E-state index in [9.17, 15) is 0 Å². The summed E-state index contributed by atoms with van der Waals surface area (Å²) in [6, 6.07) is 0.685. The Balaban J connectivity index is 2.16. The molecule has 1 aliphatic rings. The van der Waals surface area contributed by atoms with Crippen LogP contribution in [0.3, 0.4) is 0 Å². The van der Waals surface area contributed by atoms with Crippen LogP contribution in [0.25, 0.3) is 0 Å². The zero-order valence-electron chi connectivity index (χ0n) is 10.4. The van der Waals surface area contributed by atoms with Crippen LogP contribution < -0.4 is 5.32 Å². The molecular weight excluding hydrogens is 186 g/mol. The molecule has 0 aromatic rings. The lowest BCUT2D eigenvalue weighted by Gasteiger charge is -2.21. The topological polar surface area (TPSA) is 21.3 Å². The summed E-state index contributed by atoms with van der Waals surface area (Å²) in [6.45, 7) is 6.53. The Bertz CT molecular complexity index is 143. The van der Waals surface area contributed by atoms with Gasteiger partial charge in [-0.2, -0.15) is 0 Å². The molecule has 0 aromatic heterocycles. The van der Waals surface area contributed by atoms with Crippen molar-refractivity contribution in [2.75, 3.05) is 13.2 Å². The molecule has 1 N–H and O–H groups in total. The van der Waals surface area contributed by atoms with E-state index < -0.39 is 0 Å². The molecule has 1 rings (SSSR count). The molecule has 15 heavy (non-hydrogen) atoms. The standard InChI is InChI=1S/C13H27NO/c1-3-5-6-8-12(14-4-2)11-13-9-7-10-15-13/h12-14H,3-11H2,1-2H3. The molecule has 0 amide bonds. The molecule has 90 valence electrons. The van der Waals surface area contributed by atoms with Gasteiger partial charge in [0.15, 0.2) is 0 Å². The van der Waals surface area contributed by atoms with Crippen molar-refractivity contribution in [1.82, 2.24) is 5.32 Å². The first-order valence-electron chi connectivity index (χ1n) is 6.71. The number of unbranched alkanes of at least 4 members (excludes halogenated alkanes) is 2. The fraction of sp³-hybridized carbons (Fsp3) is 1.00. The molecule has 0 aliphatic carbocycles. The maximum absolute atomic E-state index is 5.70. The molecule has 2 atom stereocenters. The predicted octanol–water partition coefficient (Wildman–Crippen LogP) is 3.11. The first-order valence-corrected chi connectivity index (χ1v) is 6.71. The molecule has 1 saturated heterocycles. The first-order chi connectivity index (χ1) is 7.36. The summed E-state index contributed by atoms with van der Waals surface area (Å²) in [5.41, 5.74) is 0. The van der Waals surface area contributed by atoms with E-state index in [1.807, 2.05) is 0 Å². The molecular formula is C13H27NO. The number of nitrogens with one attached hydrogen (secondary N) is 1. The summed E-state index contributed by atoms with van der Waals surface area (Å²) in [7, 11) is 0. The molecule has 0 aromatic carbocycles. The van der Waals surface area contributed by atoms with E-state index in [4.69, 9.17) is 4.74 Å². The van der Waals surface area contributed by atoms with Gasteiger partial charge in [-0.3, -0.25) is 0 Å². The second-order valence-corrected chi connectivity index (χ2v) is 4.62. The van der Waals surface area contributed by atoms with Crippen LogP contribution in [0, 0.1) is 0 Å². The molecule has 1 aliphatic heterocycles. The van der Waals surface area contributed by atoms with Gasteiger partial charge in [-0.05, 0) is 32.2 Å². The normalized spacial score (nSPS) is 23.2. The number of ether oxygens (including phenoxy) is 1. The van der Waals surface area contributed by atoms with E-state index in [-0.39, 0.29) is 0 Å². The van der Waals surface area contributed by atoms with E-state index in [1.54, 1.807) is 0 Å². The smallest absolute Gasteiger partial charge is 0.0590 e. The third-order valence-electron chi connectivity index (χ3n) is 3.22. The Labute approximate surface area is 94.8 Å². The van der Waals surface area contributed by atoms with Crippen molar-refractivity contribution in [3.05, 3.63) is 0 Å². The van der Waals surface area contributed by atoms with Crippen LogP contribution in [0.1, 0.15) is 58.8 Å². The SMILES string of the molecule is CCCCCC(CC1CCCO1)NCC. The highest BCUT2D eigenvalue weighted by Crippen LogP contribution is 2.19. The number of hydrogen-bond donors (Lipinski definition) is 1. The monoisotopic (exact) mass is 213 g/mol. The van der Waals surface area contributed by atoms with E-state index in [0.717, 1.165) is 13.2 Å². The minimum absolute atomic E-state index is 0.538. The lowest BCUT2D eigenvalue weighted by atomic mass is 10.0. The molecule has 2 unspecified atom stereocenters. The average Bonchev–Trinajstić information content (AvgIpc) is 2.71. The Hall–Kier alpha value is -0.0800. The van der Waals surface area contributed by atoms with E-state index in [1.165, 1.54) is 44.9 Å². The average molecular weight is 213 g/mol. The maximum Gasteiger partial charge on any atom is 0.0590 e. The highest BCUT2D eigenvalue weighted by atomic mass is 16.5. The van der Waals surface area contributed by atoms with Crippen LogP contribution in [0.4, 0.5) is 0 Å². The summed E-state index contributed by atoms with van der Waals surface area (Å²) in [5, 5.41) is 3.59. The summed E-state index contributed by atoms with van der Waals surface area (Å²) >= 11 is 0. The van der Waals surface area contributed by atoms with Gasteiger partial charge < -0.3 is 10.1 Å². The Morgan fingerprint density at radius 2 is 2.20 bits per heavy atom. The van der Waals surface area contributed by atoms with Crippen molar-refractivity contribution in [3.63, 3.8) is 0 Å². The highest BCUT2D eigenvalue weighted by molar-refractivity contribution is 4.74. The van der Waals surface area contributed by atoms with Crippen molar-refractivity contribution < 1.29 is 4.74 Å². The van der Waals surface area contributed by atoms with Gasteiger partial charge in [0, 0.05) is 12.6 Å². The highest BCUT2D eigenvalue weighted by Gasteiger charge is 2.19. The van der Waals surface area contributed by atoms with Crippen LogP contribution in [0.2, 0.25) is 0 Å². The minimum Gasteiger partial charge on any atom is -0.378 e. The lowest BCUT2D eigenvalue weighted by molar-refractivity contribution is 0.0935. The largest absolute Gasteiger partial charge is 0.378 e. The van der Waals surface area contributed by atoms with Crippen molar-refractivity contribution in [1.29, 1.82) is 0 Å². The quantitative estimate of drug-likeness (QED) is 0.626. The number of hydrogen-bond acceptors (Lipinski definition) is 2. The lowest BCUT2D eigenvalue weighted by Crippen LogP contribution is -2.32. The van der Waals surface area contributed by atoms with E-state index >= 15 is 0 Å². The third-order valence-corrected chi connectivity index (χ3v) is 3.22. The first kappa shape index (κ1) is 13.0. The van der Waals surface area contributed by atoms with Gasteiger partial charge in [0.25, 0.3) is 0 Å². The van der Waals surface area contributed by atoms with Gasteiger partial charge in [-0.25, -0.2) is 0 Å². The second-order valence-electron chi connectivity index (χ2n) is 4.62. The Kier molecular flexibility index (Phi) is 7.03. The molecule has 2 nitrogen and oxygen atoms in total.